The molecule has 0 spiro atoms. The van der Waals surface area contributed by atoms with Crippen molar-refractivity contribution in [2.75, 3.05) is 10.0 Å². The third kappa shape index (κ3) is 6.49. The Morgan fingerprint density at radius 1 is 0.692 bits per heavy atom. The molecule has 0 aromatic heterocycles. The standard InChI is InChI=1S/C21H18N6O10S2/c28-18(22-16-9-20(30)26(24-16)12-1-5-14(6-2-12)38(32,33)34)11-19(29)23-17-10-21(31)27(25-17)13-3-7-15(8-4-13)39(35,36)37/h1-8H,9-11H2,(H,22,24,28)(H,23,25,29)(H,32,33,34)(H,35,36,37). The van der Waals surface area contributed by atoms with Crippen LogP contribution in [0.4, 0.5) is 11.4 Å². The number of amides is 4. The average Bonchev–Trinajstić information content (AvgIpc) is 3.39. The predicted octanol–water partition coefficient (Wildman–Crippen LogP) is -0.397. The van der Waals surface area contributed by atoms with Gasteiger partial charge in [-0.15, -0.1) is 0 Å². The van der Waals surface area contributed by atoms with Crippen LogP contribution in [0.25, 0.3) is 0 Å². The number of hydrazone groups is 2. The number of hydrogen-bond donors (Lipinski definition) is 4. The first-order valence-electron chi connectivity index (χ1n) is 10.8. The van der Waals surface area contributed by atoms with E-state index in [2.05, 4.69) is 20.8 Å². The van der Waals surface area contributed by atoms with Crippen molar-refractivity contribution in [3.8, 4) is 0 Å². The summed E-state index contributed by atoms with van der Waals surface area (Å²) in [5.74, 6) is -2.85. The van der Waals surface area contributed by atoms with Gasteiger partial charge in [-0.3, -0.25) is 28.3 Å². The zero-order valence-corrected chi connectivity index (χ0v) is 21.1. The lowest BCUT2D eigenvalue weighted by Crippen LogP contribution is -2.37. The van der Waals surface area contributed by atoms with Gasteiger partial charge in [-0.1, -0.05) is 0 Å². The van der Waals surface area contributed by atoms with E-state index in [0.717, 1.165) is 34.3 Å². The topological polar surface area (TPSA) is 232 Å². The quantitative estimate of drug-likeness (QED) is 0.256. The number of benzene rings is 2. The summed E-state index contributed by atoms with van der Waals surface area (Å²) in [5.41, 5.74) is 0.353. The van der Waals surface area contributed by atoms with Gasteiger partial charge >= 0.3 is 0 Å². The highest BCUT2D eigenvalue weighted by Gasteiger charge is 2.29. The van der Waals surface area contributed by atoms with Crippen molar-refractivity contribution < 1.29 is 45.1 Å². The minimum absolute atomic E-state index is 0.0652. The van der Waals surface area contributed by atoms with E-state index >= 15 is 0 Å². The first-order chi connectivity index (χ1) is 18.2. The molecule has 0 radical (unpaired) electrons. The molecule has 2 aromatic carbocycles. The largest absolute Gasteiger partial charge is 0.312 e. The lowest BCUT2D eigenvalue weighted by molar-refractivity contribution is -0.127. The maximum atomic E-state index is 12.3. The Morgan fingerprint density at radius 3 is 1.33 bits per heavy atom. The van der Waals surface area contributed by atoms with Gasteiger partial charge in [0.25, 0.3) is 32.1 Å². The van der Waals surface area contributed by atoms with Crippen LogP contribution >= 0.6 is 0 Å². The first-order valence-corrected chi connectivity index (χ1v) is 13.6. The molecule has 0 bridgehead atoms. The van der Waals surface area contributed by atoms with E-state index in [1.54, 1.807) is 0 Å². The third-order valence-electron chi connectivity index (χ3n) is 5.20. The number of hydrogen-bond acceptors (Lipinski definition) is 10. The van der Waals surface area contributed by atoms with Crippen LogP contribution < -0.4 is 20.7 Å². The van der Waals surface area contributed by atoms with E-state index in [0.29, 0.717) is 0 Å². The highest BCUT2D eigenvalue weighted by Crippen LogP contribution is 2.23. The van der Waals surface area contributed by atoms with E-state index in [9.17, 15) is 36.0 Å². The SMILES string of the molecule is O=C(CC(=O)NC1=NN(c2ccc(S(=O)(=O)O)cc2)C(=O)C1)NC1=NN(c2ccc(S(=O)(=O)O)cc2)C(=O)C1. The molecule has 18 heteroatoms. The Morgan fingerprint density at radius 2 is 1.03 bits per heavy atom. The van der Waals surface area contributed by atoms with Crippen LogP contribution in [-0.2, 0) is 39.4 Å². The van der Waals surface area contributed by atoms with Crippen LogP contribution in [0.5, 0.6) is 0 Å². The zero-order chi connectivity index (χ0) is 28.5. The molecule has 2 aliphatic heterocycles. The fourth-order valence-corrected chi connectivity index (χ4v) is 4.44. The van der Waals surface area contributed by atoms with E-state index < -0.39 is 50.3 Å². The van der Waals surface area contributed by atoms with Crippen LogP contribution in [0, 0.1) is 0 Å². The lowest BCUT2D eigenvalue weighted by Gasteiger charge is -2.11. The number of nitrogens with zero attached hydrogens (tertiary/aromatic N) is 4. The average molecular weight is 579 g/mol. The Hall–Kier alpha value is -4.52. The van der Waals surface area contributed by atoms with Gasteiger partial charge in [0.05, 0.1) is 34.0 Å². The lowest BCUT2D eigenvalue weighted by atomic mass is 10.3. The summed E-state index contributed by atoms with van der Waals surface area (Å²) in [6.07, 6.45) is -1.31. The molecule has 0 saturated carbocycles. The van der Waals surface area contributed by atoms with Gasteiger partial charge in [0.15, 0.2) is 0 Å². The molecule has 0 fully saturated rings. The van der Waals surface area contributed by atoms with Crippen LogP contribution in [0.15, 0.2) is 68.5 Å². The fraction of sp³-hybridized carbons (Fsp3) is 0.143. The second-order valence-electron chi connectivity index (χ2n) is 8.07. The molecule has 0 saturated heterocycles. The molecule has 2 aromatic rings. The van der Waals surface area contributed by atoms with Crippen LogP contribution in [0.3, 0.4) is 0 Å². The molecule has 0 unspecified atom stereocenters. The Balaban J connectivity index is 1.34. The summed E-state index contributed by atoms with van der Waals surface area (Å²) in [5, 5.41) is 14.4. The molecule has 4 amide bonds. The monoisotopic (exact) mass is 578 g/mol. The smallest absolute Gasteiger partial charge is 0.294 e. The summed E-state index contributed by atoms with van der Waals surface area (Å²) in [4.78, 5) is 48.3. The van der Waals surface area contributed by atoms with Crippen molar-refractivity contribution in [2.45, 2.75) is 29.1 Å². The van der Waals surface area contributed by atoms with Gasteiger partial charge in [-0.2, -0.15) is 37.1 Å². The maximum absolute atomic E-state index is 12.3. The van der Waals surface area contributed by atoms with Crippen molar-refractivity contribution in [1.82, 2.24) is 10.6 Å². The summed E-state index contributed by atoms with van der Waals surface area (Å²) in [7, 11) is -8.85. The van der Waals surface area contributed by atoms with Gasteiger partial charge < -0.3 is 10.6 Å². The minimum atomic E-state index is -4.42. The Labute approximate surface area is 220 Å². The van der Waals surface area contributed by atoms with Crippen LogP contribution in [0.2, 0.25) is 0 Å². The third-order valence-corrected chi connectivity index (χ3v) is 6.93. The molecule has 204 valence electrons. The summed E-state index contributed by atoms with van der Waals surface area (Å²) in [6, 6.07) is 9.22. The van der Waals surface area contributed by atoms with Crippen molar-refractivity contribution in [2.24, 2.45) is 10.2 Å². The van der Waals surface area contributed by atoms with E-state index in [1.165, 1.54) is 24.3 Å². The van der Waals surface area contributed by atoms with E-state index in [-0.39, 0.29) is 45.7 Å². The number of amidine groups is 2. The molecule has 16 nitrogen and oxygen atoms in total. The molecule has 4 N–H and O–H groups in total. The molecule has 4 rings (SSSR count). The summed E-state index contributed by atoms with van der Waals surface area (Å²) in [6.45, 7) is 0. The molecule has 0 atom stereocenters. The number of carbonyl (C=O) groups is 4. The summed E-state index contributed by atoms with van der Waals surface area (Å²) >= 11 is 0. The van der Waals surface area contributed by atoms with Gasteiger partial charge in [0.1, 0.15) is 18.1 Å². The molecular formula is C21H18N6O10S2. The van der Waals surface area contributed by atoms with Gasteiger partial charge in [-0.25, -0.2) is 0 Å². The highest BCUT2D eigenvalue weighted by atomic mass is 32.2. The number of carbonyl (C=O) groups excluding carboxylic acids is 4. The second-order valence-corrected chi connectivity index (χ2v) is 10.9. The number of nitrogens with one attached hydrogen (secondary N) is 2. The van der Waals surface area contributed by atoms with E-state index in [4.69, 9.17) is 9.11 Å². The van der Waals surface area contributed by atoms with Gasteiger partial charge in [-0.05, 0) is 48.5 Å². The predicted molar refractivity (Wildman–Crippen MR) is 132 cm³/mol. The van der Waals surface area contributed by atoms with Crippen molar-refractivity contribution in [1.29, 1.82) is 0 Å². The fourth-order valence-electron chi connectivity index (χ4n) is 3.48. The maximum Gasteiger partial charge on any atom is 0.294 e. The molecular weight excluding hydrogens is 560 g/mol. The Kier molecular flexibility index (Phi) is 7.29. The normalized spacial score (nSPS) is 15.7. The van der Waals surface area contributed by atoms with Crippen molar-refractivity contribution >= 4 is 66.9 Å². The molecule has 2 aliphatic rings. The molecule has 2 heterocycles. The van der Waals surface area contributed by atoms with Crippen molar-refractivity contribution in [3.05, 3.63) is 48.5 Å². The first kappa shape index (κ1) is 27.5. The van der Waals surface area contributed by atoms with E-state index in [1.807, 2.05) is 0 Å². The number of rotatable bonds is 6. The molecule has 0 aliphatic carbocycles. The molecule has 39 heavy (non-hydrogen) atoms. The van der Waals surface area contributed by atoms with Crippen LogP contribution in [-0.4, -0.2) is 61.2 Å². The second kappa shape index (κ2) is 10.3. The zero-order valence-electron chi connectivity index (χ0n) is 19.5. The van der Waals surface area contributed by atoms with Crippen LogP contribution in [0.1, 0.15) is 19.3 Å². The number of anilines is 2. The minimum Gasteiger partial charge on any atom is -0.312 e. The highest BCUT2D eigenvalue weighted by molar-refractivity contribution is 7.86. The van der Waals surface area contributed by atoms with Crippen molar-refractivity contribution in [3.63, 3.8) is 0 Å². The van der Waals surface area contributed by atoms with Gasteiger partial charge in [0.2, 0.25) is 11.8 Å². The Bertz CT molecular complexity index is 1530. The van der Waals surface area contributed by atoms with Gasteiger partial charge in [0, 0.05) is 0 Å². The summed E-state index contributed by atoms with van der Waals surface area (Å²) < 4.78 is 62.7.